The minimum absolute atomic E-state index is 0.0534. The van der Waals surface area contributed by atoms with E-state index in [0.29, 0.717) is 18.5 Å². The van der Waals surface area contributed by atoms with E-state index in [1.807, 2.05) is 16.5 Å². The molecule has 1 atom stereocenters. The van der Waals surface area contributed by atoms with Gasteiger partial charge in [-0.2, -0.15) is 0 Å². The molecular weight excluding hydrogens is 338 g/mol. The van der Waals surface area contributed by atoms with Gasteiger partial charge in [-0.25, -0.2) is 9.78 Å². The summed E-state index contributed by atoms with van der Waals surface area (Å²) in [6, 6.07) is 0.419. The van der Waals surface area contributed by atoms with Crippen LogP contribution in [0.5, 0.6) is 0 Å². The Hall–Kier alpha value is -1.38. The fourth-order valence-corrected chi connectivity index (χ4v) is 4.17. The Kier molecular flexibility index (Phi) is 6.50. The number of rotatable bonds is 5. The van der Waals surface area contributed by atoms with Crippen molar-refractivity contribution < 1.29 is 9.53 Å². The molecule has 1 aromatic rings. The van der Waals surface area contributed by atoms with Crippen LogP contribution in [0.1, 0.15) is 13.8 Å². The number of piperazine rings is 1. The number of amides is 2. The summed E-state index contributed by atoms with van der Waals surface area (Å²) in [6.07, 6.45) is 1.83. The Labute approximate surface area is 153 Å². The van der Waals surface area contributed by atoms with Crippen LogP contribution in [0.15, 0.2) is 11.6 Å². The van der Waals surface area contributed by atoms with Gasteiger partial charge in [0.15, 0.2) is 5.13 Å². The summed E-state index contributed by atoms with van der Waals surface area (Å²) in [4.78, 5) is 23.5. The highest BCUT2D eigenvalue weighted by atomic mass is 32.1. The van der Waals surface area contributed by atoms with E-state index < -0.39 is 0 Å². The molecule has 140 valence electrons. The molecule has 0 bridgehead atoms. The first-order valence-corrected chi connectivity index (χ1v) is 10.0. The molecule has 0 spiro atoms. The average Bonchev–Trinajstić information content (AvgIpc) is 3.17. The maximum absolute atomic E-state index is 12.5. The van der Waals surface area contributed by atoms with Crippen molar-refractivity contribution in [1.29, 1.82) is 0 Å². The van der Waals surface area contributed by atoms with E-state index in [4.69, 9.17) is 4.74 Å². The number of morpholine rings is 1. The summed E-state index contributed by atoms with van der Waals surface area (Å²) in [5, 5.41) is 6.19. The Bertz CT molecular complexity index is 525. The van der Waals surface area contributed by atoms with E-state index in [0.717, 1.165) is 57.6 Å². The molecule has 3 rings (SSSR count). The summed E-state index contributed by atoms with van der Waals surface area (Å²) in [5.41, 5.74) is 0. The molecule has 0 saturated carbocycles. The summed E-state index contributed by atoms with van der Waals surface area (Å²) in [7, 11) is 0. The van der Waals surface area contributed by atoms with Gasteiger partial charge in [-0.3, -0.25) is 4.90 Å². The lowest BCUT2D eigenvalue weighted by atomic mass is 10.0. The molecule has 2 amide bonds. The quantitative estimate of drug-likeness (QED) is 0.851. The molecule has 1 N–H and O–H groups in total. The number of anilines is 1. The Balaban J connectivity index is 1.45. The molecule has 25 heavy (non-hydrogen) atoms. The first kappa shape index (κ1) is 18.4. The van der Waals surface area contributed by atoms with Crippen LogP contribution in [-0.4, -0.2) is 85.9 Å². The molecule has 2 fully saturated rings. The van der Waals surface area contributed by atoms with Gasteiger partial charge in [-0.1, -0.05) is 13.8 Å². The van der Waals surface area contributed by atoms with Crippen molar-refractivity contribution in [3.8, 4) is 0 Å². The summed E-state index contributed by atoms with van der Waals surface area (Å²) < 4.78 is 5.44. The lowest BCUT2D eigenvalue weighted by Gasteiger charge is -2.38. The smallest absolute Gasteiger partial charge is 0.317 e. The van der Waals surface area contributed by atoms with Crippen molar-refractivity contribution in [1.82, 2.24) is 20.1 Å². The number of hydrogen-bond acceptors (Lipinski definition) is 6. The molecule has 2 aliphatic heterocycles. The van der Waals surface area contributed by atoms with Crippen molar-refractivity contribution in [2.45, 2.75) is 19.9 Å². The van der Waals surface area contributed by atoms with Crippen LogP contribution in [0.3, 0.4) is 0 Å². The monoisotopic (exact) mass is 367 g/mol. The van der Waals surface area contributed by atoms with Crippen molar-refractivity contribution >= 4 is 22.5 Å². The number of nitrogens with one attached hydrogen (secondary N) is 1. The van der Waals surface area contributed by atoms with Gasteiger partial charge >= 0.3 is 6.03 Å². The molecule has 2 aliphatic rings. The zero-order valence-electron chi connectivity index (χ0n) is 15.2. The molecule has 0 aromatic carbocycles. The molecule has 7 nitrogen and oxygen atoms in total. The van der Waals surface area contributed by atoms with Gasteiger partial charge in [-0.15, -0.1) is 11.3 Å². The Morgan fingerprint density at radius 2 is 1.96 bits per heavy atom. The summed E-state index contributed by atoms with van der Waals surface area (Å²) in [6.45, 7) is 11.8. The highest BCUT2D eigenvalue weighted by Crippen LogP contribution is 2.19. The van der Waals surface area contributed by atoms with E-state index in [9.17, 15) is 4.79 Å². The topological polar surface area (TPSA) is 60.9 Å². The number of thiazole rings is 1. The molecule has 0 aliphatic carbocycles. The number of urea groups is 1. The number of nitrogens with zero attached hydrogens (tertiary/aromatic N) is 4. The van der Waals surface area contributed by atoms with Crippen LogP contribution < -0.4 is 10.2 Å². The van der Waals surface area contributed by atoms with Gasteiger partial charge in [0, 0.05) is 63.4 Å². The van der Waals surface area contributed by atoms with Crippen molar-refractivity contribution in [2.75, 3.05) is 63.9 Å². The maximum Gasteiger partial charge on any atom is 0.317 e. The number of hydrogen-bond donors (Lipinski definition) is 1. The zero-order chi connectivity index (χ0) is 17.6. The van der Waals surface area contributed by atoms with E-state index in [1.165, 1.54) is 0 Å². The fraction of sp³-hybridized carbons (Fsp3) is 0.765. The van der Waals surface area contributed by atoms with Crippen LogP contribution in [0.4, 0.5) is 9.93 Å². The first-order valence-electron chi connectivity index (χ1n) is 9.14. The lowest BCUT2D eigenvalue weighted by Crippen LogP contribution is -2.55. The average molecular weight is 368 g/mol. The van der Waals surface area contributed by atoms with Gasteiger partial charge in [-0.05, 0) is 5.92 Å². The zero-order valence-corrected chi connectivity index (χ0v) is 16.0. The van der Waals surface area contributed by atoms with E-state index in [1.54, 1.807) is 11.3 Å². The third-order valence-electron chi connectivity index (χ3n) is 5.00. The minimum atomic E-state index is 0.0534. The van der Waals surface area contributed by atoms with E-state index >= 15 is 0 Å². The Morgan fingerprint density at radius 3 is 2.56 bits per heavy atom. The SMILES string of the molecule is CC(C)C(CNC(=O)N1CCN(c2nccs2)CC1)N1CCOCC1. The molecule has 0 radical (unpaired) electrons. The van der Waals surface area contributed by atoms with Crippen LogP contribution in [0.25, 0.3) is 0 Å². The van der Waals surface area contributed by atoms with Gasteiger partial charge in [0.2, 0.25) is 0 Å². The summed E-state index contributed by atoms with van der Waals surface area (Å²) >= 11 is 1.65. The normalized spacial score (nSPS) is 20.8. The molecule has 1 unspecified atom stereocenters. The molecule has 3 heterocycles. The van der Waals surface area contributed by atoms with Crippen LogP contribution in [-0.2, 0) is 4.74 Å². The Morgan fingerprint density at radius 1 is 1.24 bits per heavy atom. The van der Waals surface area contributed by atoms with Crippen LogP contribution >= 0.6 is 11.3 Å². The molecule has 8 heteroatoms. The second-order valence-corrected chi connectivity index (χ2v) is 7.81. The molecular formula is C17H29N5O2S. The molecule has 2 saturated heterocycles. The van der Waals surface area contributed by atoms with Crippen molar-refractivity contribution in [3.63, 3.8) is 0 Å². The number of aromatic nitrogens is 1. The fourth-order valence-electron chi connectivity index (χ4n) is 3.47. The van der Waals surface area contributed by atoms with Gasteiger partial charge in [0.25, 0.3) is 0 Å². The first-order chi connectivity index (χ1) is 12.1. The third-order valence-corrected chi connectivity index (χ3v) is 5.84. The molecule has 1 aromatic heterocycles. The highest BCUT2D eigenvalue weighted by Gasteiger charge is 2.26. The van der Waals surface area contributed by atoms with Gasteiger partial charge in [0.1, 0.15) is 0 Å². The predicted octanol–water partition coefficient (Wildman–Crippen LogP) is 1.33. The lowest BCUT2D eigenvalue weighted by molar-refractivity contribution is 0.00693. The predicted molar refractivity (Wildman–Crippen MR) is 100 cm³/mol. The van der Waals surface area contributed by atoms with Crippen molar-refractivity contribution in [3.05, 3.63) is 11.6 Å². The highest BCUT2D eigenvalue weighted by molar-refractivity contribution is 7.13. The standard InChI is InChI=1S/C17H29N5O2S/c1-14(2)15(20-8-10-24-11-9-20)13-19-16(23)21-4-6-22(7-5-21)17-18-3-12-25-17/h3,12,14-15H,4-11,13H2,1-2H3,(H,19,23). The van der Waals surface area contributed by atoms with Crippen LogP contribution in [0.2, 0.25) is 0 Å². The minimum Gasteiger partial charge on any atom is -0.379 e. The number of carbonyl (C=O) groups is 1. The van der Waals surface area contributed by atoms with Crippen molar-refractivity contribution in [2.24, 2.45) is 5.92 Å². The van der Waals surface area contributed by atoms with E-state index in [2.05, 4.69) is 33.9 Å². The van der Waals surface area contributed by atoms with Gasteiger partial charge in [0.05, 0.1) is 13.2 Å². The largest absolute Gasteiger partial charge is 0.379 e. The second kappa shape index (κ2) is 8.82. The number of carbonyl (C=O) groups excluding carboxylic acids is 1. The summed E-state index contributed by atoms with van der Waals surface area (Å²) in [5.74, 6) is 0.500. The van der Waals surface area contributed by atoms with E-state index in [-0.39, 0.29) is 6.03 Å². The third kappa shape index (κ3) is 4.83. The second-order valence-electron chi connectivity index (χ2n) is 6.93. The number of ether oxygens (including phenoxy) is 1. The van der Waals surface area contributed by atoms with Crippen LogP contribution in [0, 0.1) is 5.92 Å². The maximum atomic E-state index is 12.5. The van der Waals surface area contributed by atoms with Gasteiger partial charge < -0.3 is 19.9 Å².